The van der Waals surface area contributed by atoms with Crippen LogP contribution >= 0.6 is 0 Å². The van der Waals surface area contributed by atoms with Gasteiger partial charge >= 0.3 is 0 Å². The molecule has 2 N–H and O–H groups in total. The van der Waals surface area contributed by atoms with Crippen molar-refractivity contribution in [3.8, 4) is 28.3 Å². The SMILES string of the molecule is Cc1ccc(-c2cc3[nH]ncc3cc2Oc2ccc(NC(=O)c3c(C)cc(C)n(-c4ccc(F)cc4)c3=O)cc2F)cn1. The number of aryl methyl sites for hydroxylation is 3. The Kier molecular flexibility index (Phi) is 7.03. The molecule has 10 heteroatoms. The number of anilines is 1. The minimum absolute atomic E-state index is 0.0626. The first-order valence-corrected chi connectivity index (χ1v) is 13.4. The summed E-state index contributed by atoms with van der Waals surface area (Å²) >= 11 is 0. The lowest BCUT2D eigenvalue weighted by atomic mass is 10.0. The molecule has 0 atom stereocenters. The van der Waals surface area contributed by atoms with Crippen LogP contribution in [0.3, 0.4) is 0 Å². The number of benzene rings is 3. The van der Waals surface area contributed by atoms with Crippen LogP contribution in [0.15, 0.2) is 90.0 Å². The Morgan fingerprint density at radius 1 is 0.907 bits per heavy atom. The molecule has 3 aromatic carbocycles. The second-order valence-corrected chi connectivity index (χ2v) is 10.2. The molecule has 6 aromatic rings. The number of rotatable bonds is 6. The molecule has 8 nitrogen and oxygen atoms in total. The Hall–Kier alpha value is -5.64. The first-order valence-electron chi connectivity index (χ1n) is 13.4. The molecule has 0 radical (unpaired) electrons. The van der Waals surface area contributed by atoms with Gasteiger partial charge in [0.15, 0.2) is 11.6 Å². The normalized spacial score (nSPS) is 11.1. The van der Waals surface area contributed by atoms with Crippen molar-refractivity contribution in [2.24, 2.45) is 0 Å². The van der Waals surface area contributed by atoms with E-state index >= 15 is 4.39 Å². The maximum Gasteiger partial charge on any atom is 0.268 e. The summed E-state index contributed by atoms with van der Waals surface area (Å²) in [6, 6.07) is 18.5. The summed E-state index contributed by atoms with van der Waals surface area (Å²) < 4.78 is 36.2. The van der Waals surface area contributed by atoms with Crippen molar-refractivity contribution in [3.63, 3.8) is 0 Å². The highest BCUT2D eigenvalue weighted by atomic mass is 19.1. The maximum absolute atomic E-state index is 15.4. The van der Waals surface area contributed by atoms with Gasteiger partial charge in [-0.05, 0) is 87.0 Å². The third-order valence-corrected chi connectivity index (χ3v) is 7.07. The van der Waals surface area contributed by atoms with Crippen molar-refractivity contribution >= 4 is 22.5 Å². The highest BCUT2D eigenvalue weighted by Gasteiger charge is 2.20. The van der Waals surface area contributed by atoms with E-state index in [1.165, 1.54) is 41.0 Å². The molecule has 6 rings (SSSR count). The lowest BCUT2D eigenvalue weighted by molar-refractivity contribution is 0.102. The first kappa shape index (κ1) is 27.5. The van der Waals surface area contributed by atoms with E-state index in [4.69, 9.17) is 4.74 Å². The third kappa shape index (κ3) is 5.38. The second kappa shape index (κ2) is 11.0. The Morgan fingerprint density at radius 2 is 1.70 bits per heavy atom. The van der Waals surface area contributed by atoms with Crippen LogP contribution < -0.4 is 15.6 Å². The van der Waals surface area contributed by atoms with E-state index in [9.17, 15) is 14.0 Å². The molecule has 0 aliphatic rings. The van der Waals surface area contributed by atoms with Crippen LogP contribution in [0.4, 0.5) is 14.5 Å². The Morgan fingerprint density at radius 3 is 2.42 bits per heavy atom. The largest absolute Gasteiger partial charge is 0.454 e. The molecular weight excluding hydrogens is 552 g/mol. The zero-order valence-electron chi connectivity index (χ0n) is 23.4. The van der Waals surface area contributed by atoms with E-state index in [0.717, 1.165) is 28.2 Å². The van der Waals surface area contributed by atoms with Gasteiger partial charge < -0.3 is 10.1 Å². The van der Waals surface area contributed by atoms with Gasteiger partial charge in [-0.2, -0.15) is 5.10 Å². The van der Waals surface area contributed by atoms with Crippen LogP contribution in [-0.2, 0) is 0 Å². The number of aromatic amines is 1. The van der Waals surface area contributed by atoms with Crippen LogP contribution in [0.25, 0.3) is 27.7 Å². The second-order valence-electron chi connectivity index (χ2n) is 10.2. The Labute approximate surface area is 244 Å². The highest BCUT2D eigenvalue weighted by molar-refractivity contribution is 6.05. The summed E-state index contributed by atoms with van der Waals surface area (Å²) in [7, 11) is 0. The number of aromatic nitrogens is 4. The average molecular weight is 578 g/mol. The summed E-state index contributed by atoms with van der Waals surface area (Å²) in [6.45, 7) is 5.25. The summed E-state index contributed by atoms with van der Waals surface area (Å²) in [6.07, 6.45) is 3.36. The average Bonchev–Trinajstić information content (AvgIpc) is 3.43. The van der Waals surface area contributed by atoms with Crippen molar-refractivity contribution in [2.45, 2.75) is 20.8 Å². The monoisotopic (exact) mass is 577 g/mol. The van der Waals surface area contributed by atoms with Gasteiger partial charge in [-0.1, -0.05) is 6.07 Å². The summed E-state index contributed by atoms with van der Waals surface area (Å²) in [5.74, 6) is -1.54. The van der Waals surface area contributed by atoms with Gasteiger partial charge in [0, 0.05) is 51.5 Å². The number of carbonyl (C=O) groups excluding carboxylic acids is 1. The van der Waals surface area contributed by atoms with Crippen LogP contribution in [-0.4, -0.2) is 25.7 Å². The van der Waals surface area contributed by atoms with Gasteiger partial charge in [-0.3, -0.25) is 24.2 Å². The molecule has 3 aromatic heterocycles. The number of amides is 1. The van der Waals surface area contributed by atoms with Gasteiger partial charge in [0.2, 0.25) is 0 Å². The molecule has 0 saturated heterocycles. The van der Waals surface area contributed by atoms with E-state index in [-0.39, 0.29) is 17.0 Å². The number of ether oxygens (including phenoxy) is 1. The minimum atomic E-state index is -0.720. The van der Waals surface area contributed by atoms with E-state index in [1.807, 2.05) is 25.1 Å². The molecule has 3 heterocycles. The molecular formula is C33H25F2N5O3. The summed E-state index contributed by atoms with van der Waals surface area (Å²) in [5, 5.41) is 10.4. The molecule has 0 spiro atoms. The predicted octanol–water partition coefficient (Wildman–Crippen LogP) is 7.02. The van der Waals surface area contributed by atoms with Crippen molar-refractivity contribution < 1.29 is 18.3 Å². The van der Waals surface area contributed by atoms with Crippen LogP contribution in [0, 0.1) is 32.4 Å². The number of halogens is 2. The van der Waals surface area contributed by atoms with E-state index in [0.29, 0.717) is 28.3 Å². The quantitative estimate of drug-likeness (QED) is 0.221. The number of carbonyl (C=O) groups is 1. The number of hydrogen-bond acceptors (Lipinski definition) is 5. The molecule has 0 aliphatic carbocycles. The maximum atomic E-state index is 15.4. The third-order valence-electron chi connectivity index (χ3n) is 7.07. The van der Waals surface area contributed by atoms with Crippen LogP contribution in [0.1, 0.15) is 27.3 Å². The van der Waals surface area contributed by atoms with Crippen LogP contribution in [0.5, 0.6) is 11.5 Å². The lowest BCUT2D eigenvalue weighted by Gasteiger charge is -2.15. The van der Waals surface area contributed by atoms with Crippen LogP contribution in [0.2, 0.25) is 0 Å². The molecule has 43 heavy (non-hydrogen) atoms. The van der Waals surface area contributed by atoms with Crippen molar-refractivity contribution in [3.05, 3.63) is 130 Å². The fraction of sp³-hybridized carbons (Fsp3) is 0.0909. The molecule has 0 saturated carbocycles. The molecule has 1 amide bonds. The molecule has 0 bridgehead atoms. The number of H-pyrrole nitrogens is 1. The molecule has 0 fully saturated rings. The highest BCUT2D eigenvalue weighted by Crippen LogP contribution is 2.37. The zero-order valence-corrected chi connectivity index (χ0v) is 23.4. The molecule has 0 unspecified atom stereocenters. The number of pyridine rings is 2. The molecule has 0 aliphatic heterocycles. The van der Waals surface area contributed by atoms with E-state index in [2.05, 4.69) is 20.5 Å². The number of nitrogens with one attached hydrogen (secondary N) is 2. The fourth-order valence-electron chi connectivity index (χ4n) is 4.96. The summed E-state index contributed by atoms with van der Waals surface area (Å²) in [4.78, 5) is 31.0. The van der Waals surface area contributed by atoms with Gasteiger partial charge in [0.05, 0.1) is 11.7 Å². The Balaban J connectivity index is 1.29. The topological polar surface area (TPSA) is 102 Å². The Bertz CT molecular complexity index is 2070. The first-order chi connectivity index (χ1) is 20.7. The van der Waals surface area contributed by atoms with Crippen molar-refractivity contribution in [2.75, 3.05) is 5.32 Å². The van der Waals surface area contributed by atoms with E-state index in [1.54, 1.807) is 38.4 Å². The number of fused-ring (bicyclic) bond motifs is 1. The summed E-state index contributed by atoms with van der Waals surface area (Å²) in [5.41, 5.74) is 4.00. The lowest BCUT2D eigenvalue weighted by Crippen LogP contribution is -2.31. The standard InChI is InChI=1S/C33H25F2N5O3/c1-18-12-20(3)40(25-9-6-23(34)7-10-25)33(42)31(18)32(41)38-24-8-11-29(27(35)14-24)43-30-13-22-17-37-39-28(22)15-26(30)21-5-4-19(2)36-16-21/h4-17H,1-3H3,(H,37,39)(H,38,41). The fourth-order valence-corrected chi connectivity index (χ4v) is 4.96. The minimum Gasteiger partial charge on any atom is -0.454 e. The van der Waals surface area contributed by atoms with Gasteiger partial charge in [-0.15, -0.1) is 0 Å². The smallest absolute Gasteiger partial charge is 0.268 e. The van der Waals surface area contributed by atoms with Crippen molar-refractivity contribution in [1.29, 1.82) is 0 Å². The molecule has 214 valence electrons. The van der Waals surface area contributed by atoms with E-state index < -0.39 is 23.1 Å². The number of nitrogens with zero attached hydrogens (tertiary/aromatic N) is 3. The van der Waals surface area contributed by atoms with Gasteiger partial charge in [-0.25, -0.2) is 8.78 Å². The zero-order chi connectivity index (χ0) is 30.2. The van der Waals surface area contributed by atoms with Gasteiger partial charge in [0.1, 0.15) is 17.1 Å². The van der Waals surface area contributed by atoms with Gasteiger partial charge in [0.25, 0.3) is 11.5 Å². The predicted molar refractivity (Wildman–Crippen MR) is 160 cm³/mol. The number of hydrogen-bond donors (Lipinski definition) is 2. The van der Waals surface area contributed by atoms with Crippen molar-refractivity contribution in [1.82, 2.24) is 19.7 Å².